The Morgan fingerprint density at radius 3 is 2.71 bits per heavy atom. The topological polar surface area (TPSA) is 32.5 Å². The summed E-state index contributed by atoms with van der Waals surface area (Å²) >= 11 is 0. The van der Waals surface area contributed by atoms with Crippen LogP contribution in [0.4, 0.5) is 18.9 Å². The van der Waals surface area contributed by atoms with Gasteiger partial charge in [-0.2, -0.15) is 13.2 Å². The van der Waals surface area contributed by atoms with Crippen molar-refractivity contribution in [2.45, 2.75) is 31.6 Å². The Morgan fingerprint density at radius 2 is 2.00 bits per heavy atom. The molecule has 0 bridgehead atoms. The van der Waals surface area contributed by atoms with Gasteiger partial charge in [0.05, 0.1) is 5.56 Å². The third kappa shape index (κ3) is 2.87. The Balaban J connectivity index is 1.83. The smallest absolute Gasteiger partial charge is 0.369 e. The molecule has 0 amide bonds. The van der Waals surface area contributed by atoms with Gasteiger partial charge in [-0.15, -0.1) is 0 Å². The van der Waals surface area contributed by atoms with Crippen molar-refractivity contribution in [1.29, 1.82) is 0 Å². The molecule has 21 heavy (non-hydrogen) atoms. The molecule has 1 aromatic rings. The van der Waals surface area contributed by atoms with Gasteiger partial charge in [0.15, 0.2) is 0 Å². The molecule has 116 valence electrons. The minimum absolute atomic E-state index is 0.0912. The molecule has 2 heterocycles. The Hall–Kier alpha value is -1.27. The SMILES string of the molecule is NCc1cc(N2CCN3CCCC3C2)ccc1C(F)(F)F. The Kier molecular flexibility index (Phi) is 3.84. The standard InChI is InChI=1S/C15H20F3N3/c16-15(17,18)14-4-3-12(8-11(14)9-19)21-7-6-20-5-1-2-13(20)10-21/h3-4,8,13H,1-2,5-7,9-10,19H2. The maximum atomic E-state index is 12.9. The summed E-state index contributed by atoms with van der Waals surface area (Å²) < 4.78 is 38.7. The van der Waals surface area contributed by atoms with Crippen molar-refractivity contribution in [1.82, 2.24) is 4.90 Å². The van der Waals surface area contributed by atoms with Crippen LogP contribution in [0.5, 0.6) is 0 Å². The molecule has 1 atom stereocenters. The lowest BCUT2D eigenvalue weighted by atomic mass is 10.0. The summed E-state index contributed by atoms with van der Waals surface area (Å²) in [5, 5.41) is 0. The van der Waals surface area contributed by atoms with E-state index in [0.29, 0.717) is 6.04 Å². The van der Waals surface area contributed by atoms with E-state index >= 15 is 0 Å². The molecule has 2 aliphatic heterocycles. The number of anilines is 1. The second-order valence-corrected chi connectivity index (χ2v) is 5.82. The predicted octanol–water partition coefficient (Wildman–Crippen LogP) is 2.45. The molecule has 0 aliphatic carbocycles. The molecule has 2 fully saturated rings. The van der Waals surface area contributed by atoms with E-state index in [4.69, 9.17) is 5.73 Å². The molecule has 0 spiro atoms. The fourth-order valence-electron chi connectivity index (χ4n) is 3.45. The fraction of sp³-hybridized carbons (Fsp3) is 0.600. The molecular formula is C15H20F3N3. The van der Waals surface area contributed by atoms with Crippen LogP contribution in [0.25, 0.3) is 0 Å². The van der Waals surface area contributed by atoms with Crippen LogP contribution in [0.2, 0.25) is 0 Å². The monoisotopic (exact) mass is 299 g/mol. The largest absolute Gasteiger partial charge is 0.416 e. The number of alkyl halides is 3. The van der Waals surface area contributed by atoms with Gasteiger partial charge in [0, 0.05) is 37.9 Å². The van der Waals surface area contributed by atoms with E-state index < -0.39 is 11.7 Å². The maximum Gasteiger partial charge on any atom is 0.416 e. The Bertz CT molecular complexity index is 515. The van der Waals surface area contributed by atoms with Gasteiger partial charge < -0.3 is 10.6 Å². The quantitative estimate of drug-likeness (QED) is 0.910. The van der Waals surface area contributed by atoms with Crippen LogP contribution < -0.4 is 10.6 Å². The molecule has 0 radical (unpaired) electrons. The average Bonchev–Trinajstić information content (AvgIpc) is 2.93. The number of hydrogen-bond acceptors (Lipinski definition) is 3. The zero-order valence-corrected chi connectivity index (χ0v) is 11.9. The fourth-order valence-corrected chi connectivity index (χ4v) is 3.45. The molecule has 2 aliphatic rings. The molecule has 0 aromatic heterocycles. The molecule has 0 saturated carbocycles. The number of fused-ring (bicyclic) bond motifs is 1. The molecule has 3 nitrogen and oxygen atoms in total. The van der Waals surface area contributed by atoms with E-state index in [-0.39, 0.29) is 12.1 Å². The van der Waals surface area contributed by atoms with Gasteiger partial charge >= 0.3 is 6.18 Å². The minimum atomic E-state index is -4.34. The van der Waals surface area contributed by atoms with Gasteiger partial charge in [0.1, 0.15) is 0 Å². The first-order valence-corrected chi connectivity index (χ1v) is 7.38. The summed E-state index contributed by atoms with van der Waals surface area (Å²) in [4.78, 5) is 4.66. The molecule has 3 rings (SSSR count). The van der Waals surface area contributed by atoms with Crippen LogP contribution in [0.1, 0.15) is 24.0 Å². The van der Waals surface area contributed by atoms with Crippen molar-refractivity contribution in [2.24, 2.45) is 5.73 Å². The third-order valence-electron chi connectivity index (χ3n) is 4.57. The number of piperazine rings is 1. The van der Waals surface area contributed by atoms with Gasteiger partial charge in [-0.05, 0) is 43.1 Å². The van der Waals surface area contributed by atoms with Gasteiger partial charge in [0.25, 0.3) is 0 Å². The van der Waals surface area contributed by atoms with Crippen LogP contribution in [-0.4, -0.2) is 37.1 Å². The lowest BCUT2D eigenvalue weighted by Gasteiger charge is -2.39. The highest BCUT2D eigenvalue weighted by molar-refractivity contribution is 5.52. The van der Waals surface area contributed by atoms with Crippen LogP contribution in [0.3, 0.4) is 0 Å². The zero-order chi connectivity index (χ0) is 15.0. The van der Waals surface area contributed by atoms with Crippen molar-refractivity contribution in [3.63, 3.8) is 0 Å². The normalized spacial score (nSPS) is 23.4. The van der Waals surface area contributed by atoms with Crippen LogP contribution in [0.15, 0.2) is 18.2 Å². The summed E-state index contributed by atoms with van der Waals surface area (Å²) in [5.74, 6) is 0. The second-order valence-electron chi connectivity index (χ2n) is 5.82. The van der Waals surface area contributed by atoms with E-state index in [2.05, 4.69) is 9.80 Å². The van der Waals surface area contributed by atoms with Crippen molar-refractivity contribution in [3.8, 4) is 0 Å². The van der Waals surface area contributed by atoms with E-state index in [1.54, 1.807) is 12.1 Å². The second kappa shape index (κ2) is 5.50. The summed E-state index contributed by atoms with van der Waals surface area (Å²) in [6, 6.07) is 4.89. The molecule has 6 heteroatoms. The van der Waals surface area contributed by atoms with Gasteiger partial charge in [-0.1, -0.05) is 0 Å². The van der Waals surface area contributed by atoms with E-state index in [1.165, 1.54) is 18.9 Å². The third-order valence-corrected chi connectivity index (χ3v) is 4.57. The summed E-state index contributed by atoms with van der Waals surface area (Å²) in [7, 11) is 0. The number of nitrogens with two attached hydrogens (primary N) is 1. The lowest BCUT2D eigenvalue weighted by Crippen LogP contribution is -2.50. The maximum absolute atomic E-state index is 12.9. The van der Waals surface area contributed by atoms with Crippen LogP contribution in [0, 0.1) is 0 Å². The first-order valence-electron chi connectivity index (χ1n) is 7.38. The van der Waals surface area contributed by atoms with Crippen molar-refractivity contribution in [2.75, 3.05) is 31.1 Å². The first kappa shape index (κ1) is 14.7. The number of rotatable bonds is 2. The lowest BCUT2D eigenvalue weighted by molar-refractivity contribution is -0.138. The van der Waals surface area contributed by atoms with E-state index in [1.807, 2.05) is 0 Å². The van der Waals surface area contributed by atoms with Gasteiger partial charge in [-0.25, -0.2) is 0 Å². The van der Waals surface area contributed by atoms with Crippen molar-refractivity contribution < 1.29 is 13.2 Å². The highest BCUT2D eigenvalue weighted by Gasteiger charge is 2.34. The average molecular weight is 299 g/mol. The highest BCUT2D eigenvalue weighted by atomic mass is 19.4. The minimum Gasteiger partial charge on any atom is -0.369 e. The van der Waals surface area contributed by atoms with Gasteiger partial charge in [-0.3, -0.25) is 4.90 Å². The number of nitrogens with zero attached hydrogens (tertiary/aromatic N) is 2. The van der Waals surface area contributed by atoms with Crippen LogP contribution in [-0.2, 0) is 12.7 Å². The number of benzene rings is 1. The van der Waals surface area contributed by atoms with Crippen LogP contribution >= 0.6 is 0 Å². The van der Waals surface area contributed by atoms with Gasteiger partial charge in [0.2, 0.25) is 0 Å². The number of hydrogen-bond donors (Lipinski definition) is 1. The first-order chi connectivity index (χ1) is 9.99. The molecule has 1 unspecified atom stereocenters. The zero-order valence-electron chi connectivity index (χ0n) is 11.9. The summed E-state index contributed by atoms with van der Waals surface area (Å²) in [5.41, 5.74) is 5.92. The van der Waals surface area contributed by atoms with Crippen molar-refractivity contribution in [3.05, 3.63) is 29.3 Å². The summed E-state index contributed by atoms with van der Waals surface area (Å²) in [6.07, 6.45) is -1.93. The molecule has 1 aromatic carbocycles. The predicted molar refractivity (Wildman–Crippen MR) is 76.1 cm³/mol. The van der Waals surface area contributed by atoms with Crippen molar-refractivity contribution >= 4 is 5.69 Å². The van der Waals surface area contributed by atoms with E-state index in [0.717, 1.165) is 31.9 Å². The highest BCUT2D eigenvalue weighted by Crippen LogP contribution is 2.34. The number of halogens is 3. The van der Waals surface area contributed by atoms with E-state index in [9.17, 15) is 13.2 Å². The Morgan fingerprint density at radius 1 is 1.19 bits per heavy atom. The molecule has 2 N–H and O–H groups in total. The Labute approximate surface area is 122 Å². The molecule has 2 saturated heterocycles. The summed E-state index contributed by atoms with van der Waals surface area (Å²) in [6.45, 7) is 3.82. The molecular weight excluding hydrogens is 279 g/mol.